The molecule has 0 saturated heterocycles. The lowest BCUT2D eigenvalue weighted by Crippen LogP contribution is -1.95. The van der Waals surface area contributed by atoms with Crippen LogP contribution in [-0.4, -0.2) is 9.97 Å². The first-order chi connectivity index (χ1) is 9.69. The van der Waals surface area contributed by atoms with Gasteiger partial charge in [0.25, 0.3) is 0 Å². The number of nitrogens with two attached hydrogens (primary N) is 1. The van der Waals surface area contributed by atoms with Crippen LogP contribution in [0.15, 0.2) is 42.7 Å². The molecule has 1 aromatic heterocycles. The van der Waals surface area contributed by atoms with Crippen LogP contribution in [0.5, 0.6) is 0 Å². The molecule has 3 nitrogen and oxygen atoms in total. The molecule has 0 aliphatic heterocycles. The summed E-state index contributed by atoms with van der Waals surface area (Å²) in [6.45, 7) is 0. The van der Waals surface area contributed by atoms with Gasteiger partial charge in [-0.15, -0.1) is 6.42 Å². The van der Waals surface area contributed by atoms with Crippen LogP contribution in [0.25, 0.3) is 22.0 Å². The number of nitrogens with zero attached hydrogens (tertiary/aromatic N) is 2. The number of rotatable bonds is 1. The van der Waals surface area contributed by atoms with Crippen LogP contribution in [-0.2, 0) is 0 Å². The Bertz CT molecular complexity index is 850. The molecule has 4 heteroatoms. The third-order valence-corrected chi connectivity index (χ3v) is 3.09. The Morgan fingerprint density at radius 3 is 2.75 bits per heavy atom. The van der Waals surface area contributed by atoms with Crippen LogP contribution in [0.2, 0.25) is 0 Å². The smallest absolute Gasteiger partial charge is 0.150 e. The number of nitrogen functional groups attached to an aromatic ring is 1. The fourth-order valence-corrected chi connectivity index (χ4v) is 2.10. The van der Waals surface area contributed by atoms with E-state index in [2.05, 4.69) is 15.9 Å². The molecule has 2 aromatic carbocycles. The van der Waals surface area contributed by atoms with E-state index in [1.165, 1.54) is 12.4 Å². The predicted octanol–water partition coefficient (Wildman–Crippen LogP) is 3.00. The Balaban J connectivity index is 2.27. The molecule has 0 amide bonds. The largest absolute Gasteiger partial charge is 0.383 e. The first kappa shape index (κ1) is 12.1. The van der Waals surface area contributed by atoms with Crippen molar-refractivity contribution in [2.45, 2.75) is 0 Å². The van der Waals surface area contributed by atoms with Crippen molar-refractivity contribution in [1.29, 1.82) is 0 Å². The van der Waals surface area contributed by atoms with E-state index in [0.29, 0.717) is 10.9 Å². The zero-order valence-electron chi connectivity index (χ0n) is 10.5. The number of benzene rings is 2. The topological polar surface area (TPSA) is 51.8 Å². The number of halogens is 1. The van der Waals surface area contributed by atoms with Crippen LogP contribution >= 0.6 is 0 Å². The average Bonchev–Trinajstić information content (AvgIpc) is 2.48. The van der Waals surface area contributed by atoms with Gasteiger partial charge in [-0.2, -0.15) is 0 Å². The van der Waals surface area contributed by atoms with Crippen molar-refractivity contribution in [3.63, 3.8) is 0 Å². The third-order valence-electron chi connectivity index (χ3n) is 3.09. The van der Waals surface area contributed by atoms with Gasteiger partial charge < -0.3 is 5.73 Å². The van der Waals surface area contributed by atoms with Gasteiger partial charge in [-0.3, -0.25) is 0 Å². The zero-order chi connectivity index (χ0) is 14.1. The molecule has 0 spiro atoms. The Hall–Kier alpha value is -2.93. The normalized spacial score (nSPS) is 10.4. The number of hydrogen-bond donors (Lipinski definition) is 1. The zero-order valence-corrected chi connectivity index (χ0v) is 10.5. The fraction of sp³-hybridized carbons (Fsp3) is 0. The van der Waals surface area contributed by atoms with Gasteiger partial charge >= 0.3 is 0 Å². The summed E-state index contributed by atoms with van der Waals surface area (Å²) in [4.78, 5) is 7.80. The lowest BCUT2D eigenvalue weighted by atomic mass is 10.0. The predicted molar refractivity (Wildman–Crippen MR) is 77.3 cm³/mol. The highest BCUT2D eigenvalue weighted by atomic mass is 19.1. The van der Waals surface area contributed by atoms with Crippen molar-refractivity contribution in [3.05, 3.63) is 54.1 Å². The molecule has 0 aliphatic carbocycles. The van der Waals surface area contributed by atoms with Gasteiger partial charge in [0.15, 0.2) is 0 Å². The van der Waals surface area contributed by atoms with Crippen molar-refractivity contribution >= 4 is 16.7 Å². The van der Waals surface area contributed by atoms with Gasteiger partial charge in [0.05, 0.1) is 0 Å². The molecule has 0 saturated carbocycles. The molecule has 3 aromatic rings. The van der Waals surface area contributed by atoms with E-state index in [-0.39, 0.29) is 11.3 Å². The quantitative estimate of drug-likeness (QED) is 0.687. The van der Waals surface area contributed by atoms with Crippen molar-refractivity contribution in [2.75, 3.05) is 5.73 Å². The molecule has 0 bridgehead atoms. The second kappa shape index (κ2) is 4.63. The van der Waals surface area contributed by atoms with Gasteiger partial charge in [0.2, 0.25) is 0 Å². The standard InChI is InChI=1S/C16H10FN3/c1-2-10-4-3-5-11(6-10)12-7-13-15(14(17)8-12)19-9-20-16(13)18/h1,3-9H,(H2,18,19,20). The summed E-state index contributed by atoms with van der Waals surface area (Å²) in [5, 5.41) is 0.494. The molecule has 96 valence electrons. The highest BCUT2D eigenvalue weighted by Gasteiger charge is 2.09. The molecular formula is C16H10FN3. The molecule has 0 radical (unpaired) electrons. The minimum Gasteiger partial charge on any atom is -0.383 e. The molecule has 0 unspecified atom stereocenters. The van der Waals surface area contributed by atoms with Gasteiger partial charge in [-0.25, -0.2) is 14.4 Å². The summed E-state index contributed by atoms with van der Waals surface area (Å²) < 4.78 is 14.1. The highest BCUT2D eigenvalue weighted by molar-refractivity contribution is 5.92. The molecule has 1 heterocycles. The van der Waals surface area contributed by atoms with Crippen molar-refractivity contribution in [3.8, 4) is 23.5 Å². The van der Waals surface area contributed by atoms with E-state index in [9.17, 15) is 4.39 Å². The maximum absolute atomic E-state index is 14.1. The van der Waals surface area contributed by atoms with Crippen LogP contribution in [0.4, 0.5) is 10.2 Å². The molecule has 0 aliphatic rings. The maximum Gasteiger partial charge on any atom is 0.150 e. The first-order valence-corrected chi connectivity index (χ1v) is 5.96. The lowest BCUT2D eigenvalue weighted by Gasteiger charge is -2.07. The molecule has 0 fully saturated rings. The van der Waals surface area contributed by atoms with E-state index in [1.807, 2.05) is 24.3 Å². The van der Waals surface area contributed by atoms with Gasteiger partial charge in [0, 0.05) is 10.9 Å². The number of hydrogen-bond acceptors (Lipinski definition) is 3. The fourth-order valence-electron chi connectivity index (χ4n) is 2.10. The van der Waals surface area contributed by atoms with Crippen molar-refractivity contribution in [1.82, 2.24) is 9.97 Å². The third kappa shape index (κ3) is 1.95. The van der Waals surface area contributed by atoms with Crippen LogP contribution < -0.4 is 5.73 Å². The van der Waals surface area contributed by atoms with Crippen LogP contribution in [0.1, 0.15) is 5.56 Å². The maximum atomic E-state index is 14.1. The second-order valence-corrected chi connectivity index (χ2v) is 4.34. The SMILES string of the molecule is C#Cc1cccc(-c2cc(F)c3ncnc(N)c3c2)c1. The van der Waals surface area contributed by atoms with Gasteiger partial charge in [-0.1, -0.05) is 18.1 Å². The molecule has 0 atom stereocenters. The second-order valence-electron chi connectivity index (χ2n) is 4.34. The molecule has 3 rings (SSSR count). The van der Waals surface area contributed by atoms with E-state index in [4.69, 9.17) is 12.2 Å². The Labute approximate surface area is 115 Å². The van der Waals surface area contributed by atoms with Crippen molar-refractivity contribution < 1.29 is 4.39 Å². The molecular weight excluding hydrogens is 253 g/mol. The average molecular weight is 263 g/mol. The first-order valence-electron chi connectivity index (χ1n) is 5.96. The lowest BCUT2D eigenvalue weighted by molar-refractivity contribution is 0.637. The van der Waals surface area contributed by atoms with E-state index < -0.39 is 5.82 Å². The Morgan fingerprint density at radius 2 is 1.95 bits per heavy atom. The summed E-state index contributed by atoms with van der Waals surface area (Å²) >= 11 is 0. The van der Waals surface area contributed by atoms with E-state index in [0.717, 1.165) is 11.1 Å². The summed E-state index contributed by atoms with van der Waals surface area (Å²) in [7, 11) is 0. The monoisotopic (exact) mass is 263 g/mol. The summed E-state index contributed by atoms with van der Waals surface area (Å²) in [5.74, 6) is 2.38. The number of terminal acetylenes is 1. The minimum atomic E-state index is -0.433. The van der Waals surface area contributed by atoms with Gasteiger partial charge in [0.1, 0.15) is 23.5 Å². The molecule has 2 N–H and O–H groups in total. The highest BCUT2D eigenvalue weighted by Crippen LogP contribution is 2.28. The summed E-state index contributed by atoms with van der Waals surface area (Å²) in [6, 6.07) is 10.5. The van der Waals surface area contributed by atoms with Crippen molar-refractivity contribution in [2.24, 2.45) is 0 Å². The minimum absolute atomic E-state index is 0.217. The van der Waals surface area contributed by atoms with Crippen LogP contribution in [0.3, 0.4) is 0 Å². The van der Waals surface area contributed by atoms with E-state index >= 15 is 0 Å². The number of aromatic nitrogens is 2. The van der Waals surface area contributed by atoms with E-state index in [1.54, 1.807) is 6.07 Å². The molecule has 20 heavy (non-hydrogen) atoms. The van der Waals surface area contributed by atoms with Gasteiger partial charge in [-0.05, 0) is 35.4 Å². The number of fused-ring (bicyclic) bond motifs is 1. The number of anilines is 1. The summed E-state index contributed by atoms with van der Waals surface area (Å²) in [6.07, 6.45) is 6.63. The summed E-state index contributed by atoms with van der Waals surface area (Å²) in [5.41, 5.74) is 8.24. The Morgan fingerprint density at radius 1 is 1.10 bits per heavy atom. The van der Waals surface area contributed by atoms with Crippen LogP contribution in [0, 0.1) is 18.2 Å². The Kier molecular flexibility index (Phi) is 2.81.